The minimum absolute atomic E-state index is 0.0545. The predicted molar refractivity (Wildman–Crippen MR) is 111 cm³/mol. The van der Waals surface area contributed by atoms with Gasteiger partial charge in [0.25, 0.3) is 0 Å². The van der Waals surface area contributed by atoms with Gasteiger partial charge in [-0.2, -0.15) is 0 Å². The Kier molecular flexibility index (Phi) is 5.01. The number of halogens is 1. The molecule has 4 aromatic rings. The zero-order valence-electron chi connectivity index (χ0n) is 14.6. The molecule has 1 amide bonds. The molecule has 4 rings (SSSR count). The van der Waals surface area contributed by atoms with E-state index in [9.17, 15) is 4.79 Å². The molecule has 2 aromatic carbocycles. The first kappa shape index (κ1) is 17.8. The third-order valence-electron chi connectivity index (χ3n) is 4.26. The van der Waals surface area contributed by atoms with Crippen LogP contribution in [-0.2, 0) is 4.79 Å². The highest BCUT2D eigenvalue weighted by atomic mass is 35.5. The molecule has 136 valence electrons. The van der Waals surface area contributed by atoms with Gasteiger partial charge in [-0.25, -0.2) is 0 Å². The van der Waals surface area contributed by atoms with Gasteiger partial charge in [0.2, 0.25) is 5.91 Å². The van der Waals surface area contributed by atoms with E-state index in [1.54, 1.807) is 6.07 Å². The van der Waals surface area contributed by atoms with E-state index in [0.29, 0.717) is 22.9 Å². The number of hydrogen-bond donors (Lipinski definition) is 1. The van der Waals surface area contributed by atoms with Crippen LogP contribution in [0.4, 0.5) is 5.69 Å². The van der Waals surface area contributed by atoms with Crippen LogP contribution in [-0.4, -0.2) is 26.3 Å². The number of para-hydroxylation sites is 1. The monoisotopic (exact) mass is 396 g/mol. The normalized spacial score (nSPS) is 11.2. The van der Waals surface area contributed by atoms with Crippen molar-refractivity contribution in [1.82, 2.24) is 14.6 Å². The van der Waals surface area contributed by atoms with E-state index < -0.39 is 0 Å². The van der Waals surface area contributed by atoms with Crippen molar-refractivity contribution in [3.8, 4) is 0 Å². The average molecular weight is 397 g/mol. The Morgan fingerprint density at radius 1 is 1.15 bits per heavy atom. The second-order valence-corrected chi connectivity index (χ2v) is 7.65. The number of aromatic nitrogens is 3. The maximum atomic E-state index is 12.2. The summed E-state index contributed by atoms with van der Waals surface area (Å²) in [5, 5.41) is 13.9. The van der Waals surface area contributed by atoms with Gasteiger partial charge in [0.15, 0.2) is 10.8 Å². The average Bonchev–Trinajstić information content (AvgIpc) is 3.08. The molecule has 0 aliphatic heterocycles. The summed E-state index contributed by atoms with van der Waals surface area (Å²) in [5.74, 6) is 0.552. The number of anilines is 1. The first-order valence-corrected chi connectivity index (χ1v) is 9.90. The highest BCUT2D eigenvalue weighted by molar-refractivity contribution is 7.99. The summed E-state index contributed by atoms with van der Waals surface area (Å²) in [6.07, 6.45) is 0.371. The fourth-order valence-electron chi connectivity index (χ4n) is 2.83. The quantitative estimate of drug-likeness (QED) is 0.484. The van der Waals surface area contributed by atoms with Crippen LogP contribution in [0.5, 0.6) is 0 Å². The highest BCUT2D eigenvalue weighted by Gasteiger charge is 2.11. The summed E-state index contributed by atoms with van der Waals surface area (Å²) in [6, 6.07) is 17.6. The van der Waals surface area contributed by atoms with E-state index in [1.165, 1.54) is 11.8 Å². The van der Waals surface area contributed by atoms with E-state index in [4.69, 9.17) is 11.6 Å². The molecule has 2 aromatic heterocycles. The number of carbonyl (C=O) groups excluding carboxylic acids is 1. The Morgan fingerprint density at radius 3 is 2.85 bits per heavy atom. The number of amides is 1. The van der Waals surface area contributed by atoms with Gasteiger partial charge in [-0.15, -0.1) is 10.2 Å². The molecule has 0 atom stereocenters. The van der Waals surface area contributed by atoms with Crippen molar-refractivity contribution in [2.24, 2.45) is 0 Å². The van der Waals surface area contributed by atoms with Crippen molar-refractivity contribution in [2.45, 2.75) is 18.5 Å². The highest BCUT2D eigenvalue weighted by Crippen LogP contribution is 2.24. The zero-order chi connectivity index (χ0) is 18.8. The molecule has 2 heterocycles. The van der Waals surface area contributed by atoms with Crippen molar-refractivity contribution in [1.29, 1.82) is 0 Å². The van der Waals surface area contributed by atoms with Gasteiger partial charge < -0.3 is 5.32 Å². The molecule has 0 radical (unpaired) electrons. The predicted octanol–water partition coefficient (Wildman–Crippen LogP) is 4.97. The standard InChI is InChI=1S/C20H17ClN4OS/c1-13-6-8-15(12-16(13)21)22-19(26)10-11-27-20-24-23-18-9-7-14-4-2-3-5-17(14)25(18)20/h2-9,12H,10-11H2,1H3,(H,22,26). The second kappa shape index (κ2) is 7.58. The van der Waals surface area contributed by atoms with Crippen molar-refractivity contribution in [2.75, 3.05) is 11.1 Å². The van der Waals surface area contributed by atoms with E-state index in [-0.39, 0.29) is 5.91 Å². The molecule has 0 saturated carbocycles. The Morgan fingerprint density at radius 2 is 2.00 bits per heavy atom. The van der Waals surface area contributed by atoms with Crippen LogP contribution < -0.4 is 5.32 Å². The number of pyridine rings is 1. The smallest absolute Gasteiger partial charge is 0.225 e. The lowest BCUT2D eigenvalue weighted by Crippen LogP contribution is -2.12. The fourth-order valence-corrected chi connectivity index (χ4v) is 3.90. The van der Waals surface area contributed by atoms with Crippen LogP contribution in [0.3, 0.4) is 0 Å². The number of nitrogens with one attached hydrogen (secondary N) is 1. The van der Waals surface area contributed by atoms with Crippen molar-refractivity contribution in [3.63, 3.8) is 0 Å². The number of rotatable bonds is 5. The van der Waals surface area contributed by atoms with Crippen molar-refractivity contribution < 1.29 is 4.79 Å². The third-order valence-corrected chi connectivity index (χ3v) is 5.60. The lowest BCUT2D eigenvalue weighted by atomic mass is 10.2. The van der Waals surface area contributed by atoms with Gasteiger partial charge in [-0.3, -0.25) is 9.20 Å². The fraction of sp³-hybridized carbons (Fsp3) is 0.150. The van der Waals surface area contributed by atoms with Gasteiger partial charge in [0.05, 0.1) is 5.52 Å². The van der Waals surface area contributed by atoms with Gasteiger partial charge in [-0.1, -0.05) is 47.6 Å². The molecular weight excluding hydrogens is 380 g/mol. The Balaban J connectivity index is 1.44. The maximum absolute atomic E-state index is 12.2. The molecule has 0 spiro atoms. The van der Waals surface area contributed by atoms with E-state index >= 15 is 0 Å². The topological polar surface area (TPSA) is 59.3 Å². The van der Waals surface area contributed by atoms with Crippen LogP contribution in [0, 0.1) is 6.92 Å². The molecular formula is C20H17ClN4OS. The summed E-state index contributed by atoms with van der Waals surface area (Å²) in [5.41, 5.74) is 3.55. The number of hydrogen-bond acceptors (Lipinski definition) is 4. The van der Waals surface area contributed by atoms with E-state index in [2.05, 4.69) is 21.6 Å². The van der Waals surface area contributed by atoms with Crippen LogP contribution in [0.15, 0.2) is 59.8 Å². The minimum Gasteiger partial charge on any atom is -0.326 e. The molecule has 5 nitrogen and oxygen atoms in total. The van der Waals surface area contributed by atoms with Crippen LogP contribution >= 0.6 is 23.4 Å². The molecule has 0 unspecified atom stereocenters. The lowest BCUT2D eigenvalue weighted by Gasteiger charge is -2.07. The van der Waals surface area contributed by atoms with Gasteiger partial charge >= 0.3 is 0 Å². The van der Waals surface area contributed by atoms with Gasteiger partial charge in [0.1, 0.15) is 0 Å². The summed E-state index contributed by atoms with van der Waals surface area (Å²) in [6.45, 7) is 1.93. The molecule has 7 heteroatoms. The largest absolute Gasteiger partial charge is 0.326 e. The number of benzene rings is 2. The van der Waals surface area contributed by atoms with Gasteiger partial charge in [0, 0.05) is 22.9 Å². The maximum Gasteiger partial charge on any atom is 0.225 e. The van der Waals surface area contributed by atoms with Crippen LogP contribution in [0.25, 0.3) is 16.6 Å². The first-order chi connectivity index (χ1) is 13.1. The molecule has 0 aliphatic carbocycles. The van der Waals surface area contributed by atoms with Gasteiger partial charge in [-0.05, 0) is 48.2 Å². The van der Waals surface area contributed by atoms with Crippen molar-refractivity contribution in [3.05, 3.63) is 65.2 Å². The minimum atomic E-state index is -0.0545. The molecule has 0 bridgehead atoms. The summed E-state index contributed by atoms with van der Waals surface area (Å²) in [7, 11) is 0. The third kappa shape index (κ3) is 3.77. The molecule has 0 fully saturated rings. The number of fused-ring (bicyclic) bond motifs is 3. The Hall–Kier alpha value is -2.57. The van der Waals surface area contributed by atoms with Crippen LogP contribution in [0.2, 0.25) is 5.02 Å². The number of nitrogens with zero attached hydrogens (tertiary/aromatic N) is 3. The van der Waals surface area contributed by atoms with Crippen LogP contribution in [0.1, 0.15) is 12.0 Å². The SMILES string of the molecule is Cc1ccc(NC(=O)CCSc2nnc3ccc4ccccc4n23)cc1Cl. The number of aryl methyl sites for hydroxylation is 1. The molecule has 0 aliphatic rings. The summed E-state index contributed by atoms with van der Waals surface area (Å²) >= 11 is 7.62. The van der Waals surface area contributed by atoms with E-state index in [1.807, 2.05) is 53.8 Å². The second-order valence-electron chi connectivity index (χ2n) is 6.18. The number of thioether (sulfide) groups is 1. The van der Waals surface area contributed by atoms with E-state index in [0.717, 1.165) is 27.3 Å². The summed E-state index contributed by atoms with van der Waals surface area (Å²) in [4.78, 5) is 12.2. The Labute approximate surface area is 165 Å². The molecule has 27 heavy (non-hydrogen) atoms. The zero-order valence-corrected chi connectivity index (χ0v) is 16.2. The Bertz CT molecular complexity index is 1140. The van der Waals surface area contributed by atoms with Crippen molar-refractivity contribution >= 4 is 51.5 Å². The molecule has 0 saturated heterocycles. The number of carbonyl (C=O) groups is 1. The summed E-state index contributed by atoms with van der Waals surface area (Å²) < 4.78 is 2.03. The first-order valence-electron chi connectivity index (χ1n) is 8.53. The molecule has 1 N–H and O–H groups in total. The lowest BCUT2D eigenvalue weighted by molar-refractivity contribution is -0.115.